The molecule has 0 aliphatic rings. The summed E-state index contributed by atoms with van der Waals surface area (Å²) in [5, 5.41) is 13.7. The molecule has 0 heterocycles. The third kappa shape index (κ3) is 3.44. The predicted octanol–water partition coefficient (Wildman–Crippen LogP) is 0.189. The van der Waals surface area contributed by atoms with Gasteiger partial charge < -0.3 is 30.5 Å². The smallest absolute Gasteiger partial charge is 0.255 e. The minimum absolute atomic E-state index is 0.0904. The van der Waals surface area contributed by atoms with Gasteiger partial charge in [-0.15, -0.1) is 0 Å². The number of hydrogen-bond acceptors (Lipinski definition) is 6. The highest BCUT2D eigenvalue weighted by atomic mass is 16.5. The maximum atomic E-state index is 12.0. The molecule has 0 spiro atoms. The fourth-order valence-corrected chi connectivity index (χ4v) is 1.51. The van der Waals surface area contributed by atoms with E-state index in [4.69, 9.17) is 25.2 Å². The molecule has 8 heteroatoms. The number of ether oxygens (including phenoxy) is 3. The molecule has 0 atom stereocenters. The van der Waals surface area contributed by atoms with Gasteiger partial charge in [0, 0.05) is 12.1 Å². The van der Waals surface area contributed by atoms with Gasteiger partial charge in [0.15, 0.2) is 17.3 Å². The molecule has 1 aromatic rings. The fraction of sp³-hybridized carbons (Fsp3) is 0.333. The first kappa shape index (κ1) is 15.4. The summed E-state index contributed by atoms with van der Waals surface area (Å²) in [6.07, 6.45) is 0. The molecular weight excluding hydrogens is 266 g/mol. The van der Waals surface area contributed by atoms with E-state index in [1.165, 1.54) is 33.5 Å². The van der Waals surface area contributed by atoms with Crippen LogP contribution in [0.25, 0.3) is 0 Å². The lowest BCUT2D eigenvalue weighted by Crippen LogP contribution is -2.33. The van der Waals surface area contributed by atoms with Crippen molar-refractivity contribution in [2.75, 3.05) is 27.9 Å². The molecule has 0 aliphatic carbocycles. The van der Waals surface area contributed by atoms with E-state index in [0.29, 0.717) is 17.2 Å². The van der Waals surface area contributed by atoms with Crippen molar-refractivity contribution < 1.29 is 24.2 Å². The second-order valence-corrected chi connectivity index (χ2v) is 3.68. The van der Waals surface area contributed by atoms with E-state index in [1.807, 2.05) is 0 Å². The Morgan fingerprint density at radius 1 is 1.20 bits per heavy atom. The second-order valence-electron chi connectivity index (χ2n) is 3.68. The maximum absolute atomic E-state index is 12.0. The Balaban J connectivity index is 3.06. The molecule has 4 N–H and O–H groups in total. The minimum Gasteiger partial charge on any atom is -0.496 e. The summed E-state index contributed by atoms with van der Waals surface area (Å²) in [5.74, 6) is 0.589. The van der Waals surface area contributed by atoms with Gasteiger partial charge in [0.1, 0.15) is 5.75 Å². The lowest BCUT2D eigenvalue weighted by Gasteiger charge is -2.13. The number of benzene rings is 1. The summed E-state index contributed by atoms with van der Waals surface area (Å²) in [5.41, 5.74) is 5.53. The number of carbonyl (C=O) groups excluding carboxylic acids is 1. The molecule has 110 valence electrons. The van der Waals surface area contributed by atoms with E-state index in [1.54, 1.807) is 0 Å². The molecule has 20 heavy (non-hydrogen) atoms. The van der Waals surface area contributed by atoms with Crippen molar-refractivity contribution in [3.05, 3.63) is 17.7 Å². The summed E-state index contributed by atoms with van der Waals surface area (Å²) in [4.78, 5) is 12.0. The lowest BCUT2D eigenvalue weighted by molar-refractivity contribution is 0.0955. The van der Waals surface area contributed by atoms with Crippen LogP contribution in [-0.4, -0.2) is 44.8 Å². The average molecular weight is 283 g/mol. The Morgan fingerprint density at radius 3 is 2.25 bits per heavy atom. The summed E-state index contributed by atoms with van der Waals surface area (Å²) >= 11 is 0. The number of oxime groups is 1. The lowest BCUT2D eigenvalue weighted by atomic mass is 10.1. The van der Waals surface area contributed by atoms with Crippen LogP contribution in [0.2, 0.25) is 0 Å². The van der Waals surface area contributed by atoms with Crippen molar-refractivity contribution in [1.29, 1.82) is 0 Å². The third-order valence-electron chi connectivity index (χ3n) is 2.51. The molecule has 0 saturated heterocycles. The number of nitrogens with two attached hydrogens (primary N) is 1. The third-order valence-corrected chi connectivity index (χ3v) is 2.51. The molecule has 0 aromatic heterocycles. The number of hydrogen-bond donors (Lipinski definition) is 3. The van der Waals surface area contributed by atoms with Gasteiger partial charge in [-0.1, -0.05) is 5.16 Å². The zero-order chi connectivity index (χ0) is 15.1. The number of rotatable bonds is 6. The maximum Gasteiger partial charge on any atom is 0.255 e. The van der Waals surface area contributed by atoms with Gasteiger partial charge in [-0.05, 0) is 0 Å². The molecule has 8 nitrogen and oxygen atoms in total. The molecule has 1 rings (SSSR count). The van der Waals surface area contributed by atoms with Crippen LogP contribution in [-0.2, 0) is 0 Å². The zero-order valence-corrected chi connectivity index (χ0v) is 11.5. The Morgan fingerprint density at radius 2 is 1.75 bits per heavy atom. The van der Waals surface area contributed by atoms with Crippen LogP contribution >= 0.6 is 0 Å². The quantitative estimate of drug-likeness (QED) is 0.297. The Kier molecular flexibility index (Phi) is 5.45. The van der Waals surface area contributed by atoms with Crippen LogP contribution in [0.15, 0.2) is 17.3 Å². The molecule has 0 bridgehead atoms. The molecular formula is C12H17N3O5. The predicted molar refractivity (Wildman–Crippen MR) is 71.8 cm³/mol. The van der Waals surface area contributed by atoms with Crippen molar-refractivity contribution in [2.45, 2.75) is 0 Å². The summed E-state index contributed by atoms with van der Waals surface area (Å²) < 4.78 is 15.4. The highest BCUT2D eigenvalue weighted by molar-refractivity contribution is 5.99. The standard InChI is InChI=1S/C12H17N3O5/c1-18-8-5-10(20-3)9(19-2)4-7(8)12(16)14-6-11(13)15-17/h4-5,17H,6H2,1-3H3,(H2,13,15)(H,14,16). The van der Waals surface area contributed by atoms with E-state index >= 15 is 0 Å². The van der Waals surface area contributed by atoms with Crippen LogP contribution < -0.4 is 25.3 Å². The topological polar surface area (TPSA) is 115 Å². The SMILES string of the molecule is COc1cc(OC)c(C(=O)NC/C(N)=N/O)cc1OC. The number of methoxy groups -OCH3 is 3. The van der Waals surface area contributed by atoms with E-state index in [-0.39, 0.29) is 17.9 Å². The number of nitrogens with zero attached hydrogens (tertiary/aromatic N) is 1. The van der Waals surface area contributed by atoms with Gasteiger partial charge in [0.05, 0.1) is 33.4 Å². The first-order valence-corrected chi connectivity index (χ1v) is 5.62. The number of carbonyl (C=O) groups is 1. The Bertz CT molecular complexity index is 516. The van der Waals surface area contributed by atoms with Crippen molar-refractivity contribution in [2.24, 2.45) is 10.9 Å². The van der Waals surface area contributed by atoms with Gasteiger partial charge in [-0.3, -0.25) is 4.79 Å². The molecule has 1 aromatic carbocycles. The Hall–Kier alpha value is -2.64. The van der Waals surface area contributed by atoms with Gasteiger partial charge >= 0.3 is 0 Å². The van der Waals surface area contributed by atoms with Gasteiger partial charge in [0.25, 0.3) is 5.91 Å². The fourth-order valence-electron chi connectivity index (χ4n) is 1.51. The molecule has 1 amide bonds. The van der Waals surface area contributed by atoms with Crippen molar-refractivity contribution >= 4 is 11.7 Å². The number of amides is 1. The normalized spacial score (nSPS) is 10.8. The minimum atomic E-state index is -0.450. The van der Waals surface area contributed by atoms with Crippen LogP contribution in [0.3, 0.4) is 0 Å². The van der Waals surface area contributed by atoms with Crippen molar-refractivity contribution in [3.8, 4) is 17.2 Å². The number of amidine groups is 1. The van der Waals surface area contributed by atoms with Crippen LogP contribution in [0.4, 0.5) is 0 Å². The van der Waals surface area contributed by atoms with E-state index in [9.17, 15) is 4.79 Å². The molecule has 0 unspecified atom stereocenters. The first-order chi connectivity index (χ1) is 9.57. The van der Waals surface area contributed by atoms with Crippen LogP contribution in [0.5, 0.6) is 17.2 Å². The second kappa shape index (κ2) is 7.07. The largest absolute Gasteiger partial charge is 0.496 e. The highest BCUT2D eigenvalue weighted by Crippen LogP contribution is 2.34. The molecule has 0 fully saturated rings. The zero-order valence-electron chi connectivity index (χ0n) is 11.5. The summed E-state index contributed by atoms with van der Waals surface area (Å²) in [6.45, 7) is -0.0904. The van der Waals surface area contributed by atoms with Crippen molar-refractivity contribution in [3.63, 3.8) is 0 Å². The van der Waals surface area contributed by atoms with Gasteiger partial charge in [-0.25, -0.2) is 0 Å². The summed E-state index contributed by atoms with van der Waals surface area (Å²) in [7, 11) is 4.37. The molecule has 0 saturated carbocycles. The van der Waals surface area contributed by atoms with Crippen LogP contribution in [0, 0.1) is 0 Å². The monoisotopic (exact) mass is 283 g/mol. The van der Waals surface area contributed by atoms with Gasteiger partial charge in [0.2, 0.25) is 0 Å². The van der Waals surface area contributed by atoms with Crippen molar-refractivity contribution in [1.82, 2.24) is 5.32 Å². The molecule has 0 aliphatic heterocycles. The van der Waals surface area contributed by atoms with Crippen LogP contribution in [0.1, 0.15) is 10.4 Å². The Labute approximate surface area is 116 Å². The highest BCUT2D eigenvalue weighted by Gasteiger charge is 2.17. The number of nitrogens with one attached hydrogen (secondary N) is 1. The van der Waals surface area contributed by atoms with E-state index in [2.05, 4.69) is 10.5 Å². The first-order valence-electron chi connectivity index (χ1n) is 5.62. The van der Waals surface area contributed by atoms with E-state index in [0.717, 1.165) is 0 Å². The van der Waals surface area contributed by atoms with Gasteiger partial charge in [-0.2, -0.15) is 0 Å². The molecule has 0 radical (unpaired) electrons. The summed E-state index contributed by atoms with van der Waals surface area (Å²) in [6, 6.07) is 3.02. The average Bonchev–Trinajstić information content (AvgIpc) is 2.50. The van der Waals surface area contributed by atoms with E-state index < -0.39 is 5.91 Å².